The summed E-state index contributed by atoms with van der Waals surface area (Å²) in [6.07, 6.45) is -3.12. The van der Waals surface area contributed by atoms with Gasteiger partial charge in [0.2, 0.25) is 0 Å². The van der Waals surface area contributed by atoms with E-state index in [0.717, 1.165) is 4.47 Å². The Morgan fingerprint density at radius 1 is 1.10 bits per heavy atom. The van der Waals surface area contributed by atoms with E-state index in [-0.39, 0.29) is 10.2 Å². The molecule has 0 radical (unpaired) electrons. The molecule has 0 atom stereocenters. The van der Waals surface area contributed by atoms with Gasteiger partial charge in [-0.1, -0.05) is 0 Å². The number of hydrogen-bond donors (Lipinski definition) is 1. The van der Waals surface area contributed by atoms with Gasteiger partial charge in [-0.15, -0.1) is 13.2 Å². The van der Waals surface area contributed by atoms with E-state index >= 15 is 0 Å². The second kappa shape index (κ2) is 6.01. The summed E-state index contributed by atoms with van der Waals surface area (Å²) >= 11 is 6.35. The van der Waals surface area contributed by atoms with Gasteiger partial charge in [-0.2, -0.15) is 0 Å². The summed E-state index contributed by atoms with van der Waals surface area (Å²) in [5.41, 5.74) is 0.575. The molecule has 0 saturated carbocycles. The highest BCUT2D eigenvalue weighted by Gasteiger charge is 2.31. The van der Waals surface area contributed by atoms with Gasteiger partial charge in [0, 0.05) is 11.9 Å². The van der Waals surface area contributed by atoms with Crippen LogP contribution >= 0.6 is 31.9 Å². The molecule has 0 aliphatic rings. The molecule has 0 aliphatic carbocycles. The standard InChI is InChI=1S/C12H7Br2F3N2O/c13-8-2-1-5-18-11(8)19-7-3-4-10(9(14)6-7)20-12(15,16)17/h1-6H,(H,18,19). The number of benzene rings is 1. The zero-order chi connectivity index (χ0) is 14.8. The van der Waals surface area contributed by atoms with Gasteiger partial charge >= 0.3 is 6.36 Å². The van der Waals surface area contributed by atoms with Crippen LogP contribution in [0.2, 0.25) is 0 Å². The third kappa shape index (κ3) is 4.11. The van der Waals surface area contributed by atoms with Crippen LogP contribution in [0.3, 0.4) is 0 Å². The van der Waals surface area contributed by atoms with Crippen molar-refractivity contribution < 1.29 is 17.9 Å². The minimum Gasteiger partial charge on any atom is -0.405 e. The van der Waals surface area contributed by atoms with Crippen molar-refractivity contribution in [3.8, 4) is 5.75 Å². The van der Waals surface area contributed by atoms with E-state index in [1.807, 2.05) is 0 Å². The number of ether oxygens (including phenoxy) is 1. The first-order valence-corrected chi connectivity index (χ1v) is 6.86. The van der Waals surface area contributed by atoms with Crippen molar-refractivity contribution >= 4 is 43.4 Å². The third-order valence-electron chi connectivity index (χ3n) is 2.18. The molecule has 0 unspecified atom stereocenters. The Morgan fingerprint density at radius 2 is 1.85 bits per heavy atom. The van der Waals surface area contributed by atoms with Crippen LogP contribution in [0, 0.1) is 0 Å². The average Bonchev–Trinajstić information content (AvgIpc) is 2.34. The lowest BCUT2D eigenvalue weighted by Crippen LogP contribution is -2.17. The summed E-state index contributed by atoms with van der Waals surface area (Å²) in [6.45, 7) is 0. The van der Waals surface area contributed by atoms with E-state index in [0.29, 0.717) is 11.5 Å². The molecule has 0 saturated heterocycles. The summed E-state index contributed by atoms with van der Waals surface area (Å²) in [7, 11) is 0. The first kappa shape index (κ1) is 15.1. The molecule has 20 heavy (non-hydrogen) atoms. The van der Waals surface area contributed by atoms with Crippen molar-refractivity contribution in [2.75, 3.05) is 5.32 Å². The van der Waals surface area contributed by atoms with Gasteiger partial charge in [0.1, 0.15) is 11.6 Å². The number of pyridine rings is 1. The number of halogens is 5. The average molecular weight is 412 g/mol. The molecule has 1 N–H and O–H groups in total. The van der Waals surface area contributed by atoms with Gasteiger partial charge in [0.15, 0.2) is 0 Å². The molecule has 2 rings (SSSR count). The van der Waals surface area contributed by atoms with Crippen LogP contribution in [0.15, 0.2) is 45.5 Å². The summed E-state index contributed by atoms with van der Waals surface area (Å²) in [5, 5.41) is 2.98. The second-order valence-corrected chi connectivity index (χ2v) is 5.36. The number of hydrogen-bond acceptors (Lipinski definition) is 3. The van der Waals surface area contributed by atoms with Crippen LogP contribution in [0.4, 0.5) is 24.7 Å². The van der Waals surface area contributed by atoms with Crippen LogP contribution in [-0.2, 0) is 0 Å². The summed E-state index contributed by atoms with van der Waals surface area (Å²) in [6, 6.07) is 7.71. The minimum atomic E-state index is -4.72. The van der Waals surface area contributed by atoms with Gasteiger partial charge in [0.05, 0.1) is 8.95 Å². The largest absolute Gasteiger partial charge is 0.573 e. The van der Waals surface area contributed by atoms with E-state index in [4.69, 9.17) is 0 Å². The molecule has 106 valence electrons. The van der Waals surface area contributed by atoms with E-state index in [1.54, 1.807) is 18.3 Å². The van der Waals surface area contributed by atoms with Gasteiger partial charge in [-0.05, 0) is 62.2 Å². The molecule has 0 spiro atoms. The normalized spacial score (nSPS) is 11.2. The summed E-state index contributed by atoms with van der Waals surface area (Å²) < 4.78 is 41.2. The van der Waals surface area contributed by atoms with E-state index in [1.165, 1.54) is 18.2 Å². The lowest BCUT2D eigenvalue weighted by molar-refractivity contribution is -0.274. The second-order valence-electron chi connectivity index (χ2n) is 3.65. The van der Waals surface area contributed by atoms with Crippen molar-refractivity contribution in [3.05, 3.63) is 45.5 Å². The van der Waals surface area contributed by atoms with Crippen molar-refractivity contribution in [3.63, 3.8) is 0 Å². The van der Waals surface area contributed by atoms with Crippen LogP contribution in [0.5, 0.6) is 5.75 Å². The SMILES string of the molecule is FC(F)(F)Oc1ccc(Nc2ncccc2Br)cc1Br. The number of alkyl halides is 3. The Labute approximate surface area is 129 Å². The monoisotopic (exact) mass is 410 g/mol. The van der Waals surface area contributed by atoms with Crippen LogP contribution in [0.25, 0.3) is 0 Å². The Bertz CT molecular complexity index is 620. The predicted molar refractivity (Wildman–Crippen MR) is 76.0 cm³/mol. The lowest BCUT2D eigenvalue weighted by Gasteiger charge is -2.12. The maximum Gasteiger partial charge on any atom is 0.573 e. The molecular formula is C12H7Br2F3N2O. The van der Waals surface area contributed by atoms with E-state index in [2.05, 4.69) is 46.9 Å². The molecule has 0 fully saturated rings. The fraction of sp³-hybridized carbons (Fsp3) is 0.0833. The van der Waals surface area contributed by atoms with Crippen molar-refractivity contribution in [1.82, 2.24) is 4.98 Å². The van der Waals surface area contributed by atoms with Crippen LogP contribution in [0.1, 0.15) is 0 Å². The number of anilines is 2. The first-order valence-electron chi connectivity index (χ1n) is 5.28. The lowest BCUT2D eigenvalue weighted by atomic mass is 10.3. The predicted octanol–water partition coefficient (Wildman–Crippen LogP) is 5.25. The fourth-order valence-electron chi connectivity index (χ4n) is 1.40. The molecule has 0 bridgehead atoms. The maximum atomic E-state index is 12.1. The number of aromatic nitrogens is 1. The number of nitrogens with one attached hydrogen (secondary N) is 1. The zero-order valence-corrected chi connectivity index (χ0v) is 12.9. The summed E-state index contributed by atoms with van der Waals surface area (Å²) in [4.78, 5) is 4.10. The molecular weight excluding hydrogens is 405 g/mol. The van der Waals surface area contributed by atoms with Crippen molar-refractivity contribution in [1.29, 1.82) is 0 Å². The van der Waals surface area contributed by atoms with E-state index < -0.39 is 6.36 Å². The molecule has 1 heterocycles. The van der Waals surface area contributed by atoms with Gasteiger partial charge < -0.3 is 10.1 Å². The molecule has 0 amide bonds. The molecule has 1 aromatic carbocycles. The molecule has 2 aromatic rings. The Morgan fingerprint density at radius 3 is 2.45 bits per heavy atom. The third-order valence-corrected chi connectivity index (χ3v) is 3.44. The van der Waals surface area contributed by atoms with E-state index in [9.17, 15) is 13.2 Å². The molecule has 1 aromatic heterocycles. The first-order chi connectivity index (χ1) is 9.35. The smallest absolute Gasteiger partial charge is 0.405 e. The number of rotatable bonds is 3. The van der Waals surface area contributed by atoms with Crippen molar-refractivity contribution in [2.45, 2.75) is 6.36 Å². The van der Waals surface area contributed by atoms with Gasteiger partial charge in [0.25, 0.3) is 0 Å². The Hall–Kier alpha value is -1.28. The Kier molecular flexibility index (Phi) is 4.54. The van der Waals surface area contributed by atoms with Gasteiger partial charge in [-0.25, -0.2) is 4.98 Å². The maximum absolute atomic E-state index is 12.1. The van der Waals surface area contributed by atoms with Gasteiger partial charge in [-0.3, -0.25) is 0 Å². The highest BCUT2D eigenvalue weighted by Crippen LogP contribution is 2.33. The highest BCUT2D eigenvalue weighted by atomic mass is 79.9. The topological polar surface area (TPSA) is 34.1 Å². The highest BCUT2D eigenvalue weighted by molar-refractivity contribution is 9.11. The number of nitrogens with zero attached hydrogens (tertiary/aromatic N) is 1. The van der Waals surface area contributed by atoms with Crippen LogP contribution < -0.4 is 10.1 Å². The Balaban J connectivity index is 2.19. The van der Waals surface area contributed by atoms with Crippen molar-refractivity contribution in [2.24, 2.45) is 0 Å². The molecule has 0 aliphatic heterocycles. The zero-order valence-electron chi connectivity index (χ0n) is 9.71. The summed E-state index contributed by atoms with van der Waals surface area (Å²) in [5.74, 6) is 0.257. The quantitative estimate of drug-likeness (QED) is 0.749. The molecule has 3 nitrogen and oxygen atoms in total. The van der Waals surface area contributed by atoms with Crippen LogP contribution in [-0.4, -0.2) is 11.3 Å². The minimum absolute atomic E-state index is 0.187. The fourth-order valence-corrected chi connectivity index (χ4v) is 2.21. The molecule has 8 heteroatoms.